The zero-order chi connectivity index (χ0) is 14.8. The van der Waals surface area contributed by atoms with Crippen molar-refractivity contribution in [2.75, 3.05) is 0 Å². The van der Waals surface area contributed by atoms with Crippen molar-refractivity contribution in [3.05, 3.63) is 64.9 Å². The third kappa shape index (κ3) is 2.83. The zero-order valence-electron chi connectivity index (χ0n) is 11.7. The fraction of sp³-hybridized carbons (Fsp3) is 0.176. The van der Waals surface area contributed by atoms with Gasteiger partial charge in [0.25, 0.3) is 0 Å². The number of imidazole rings is 1. The Balaban J connectivity index is 1.86. The Morgan fingerprint density at radius 1 is 1.19 bits per heavy atom. The smallest absolute Gasteiger partial charge is 0.162 e. The van der Waals surface area contributed by atoms with Crippen LogP contribution in [-0.4, -0.2) is 15.3 Å². The maximum Gasteiger partial charge on any atom is 0.162 e. The molecular formula is C17H15ClN2O. The molecule has 1 aromatic heterocycles. The van der Waals surface area contributed by atoms with E-state index in [0.29, 0.717) is 11.4 Å². The molecule has 3 aromatic rings. The molecule has 0 spiro atoms. The topological polar surface area (TPSA) is 34.9 Å². The largest absolute Gasteiger partial charge is 0.326 e. The number of aromatic nitrogens is 2. The first-order valence-corrected chi connectivity index (χ1v) is 7.27. The van der Waals surface area contributed by atoms with Crippen LogP contribution in [0.4, 0.5) is 0 Å². The Kier molecular flexibility index (Phi) is 3.76. The van der Waals surface area contributed by atoms with Gasteiger partial charge in [0.1, 0.15) is 0 Å². The molecule has 0 saturated carbocycles. The average Bonchev–Trinajstić information content (AvgIpc) is 2.89. The number of hydrogen-bond acceptors (Lipinski definition) is 2. The predicted octanol–water partition coefficient (Wildman–Crippen LogP) is 4.33. The van der Waals surface area contributed by atoms with Crippen molar-refractivity contribution >= 4 is 28.4 Å². The summed E-state index contributed by atoms with van der Waals surface area (Å²) in [6.07, 6.45) is 2.35. The number of benzene rings is 2. The summed E-state index contributed by atoms with van der Waals surface area (Å²) < 4.78 is 2.07. The van der Waals surface area contributed by atoms with Crippen LogP contribution in [0.25, 0.3) is 11.0 Å². The van der Waals surface area contributed by atoms with E-state index in [1.54, 1.807) is 0 Å². The Hall–Kier alpha value is -2.13. The van der Waals surface area contributed by atoms with Crippen molar-refractivity contribution in [2.45, 2.75) is 19.9 Å². The second-order valence-corrected chi connectivity index (χ2v) is 5.42. The van der Waals surface area contributed by atoms with Gasteiger partial charge in [-0.15, -0.1) is 0 Å². The number of Topliss-reactive ketones (excluding diaryl/α,β-unsaturated/α-hetero) is 1. The number of fused-ring (bicyclic) bond motifs is 1. The van der Waals surface area contributed by atoms with E-state index in [1.165, 1.54) is 0 Å². The highest BCUT2D eigenvalue weighted by molar-refractivity contribution is 6.31. The normalized spacial score (nSPS) is 11.0. The highest BCUT2D eigenvalue weighted by atomic mass is 35.5. The summed E-state index contributed by atoms with van der Waals surface area (Å²) in [6.45, 7) is 2.59. The number of rotatable bonds is 4. The van der Waals surface area contributed by atoms with Crippen LogP contribution in [0.2, 0.25) is 5.02 Å². The summed E-state index contributed by atoms with van der Waals surface area (Å²) >= 11 is 5.97. The molecule has 3 rings (SSSR count). The highest BCUT2D eigenvalue weighted by Crippen LogP contribution is 2.19. The molecule has 0 aliphatic heterocycles. The standard InChI is InChI=1S/C17H15ClN2O/c1-2-17(21)13-5-3-12(4-6-13)10-20-11-19-15-9-14(18)7-8-16(15)20/h3-9,11H,2,10H2,1H3. The van der Waals surface area contributed by atoms with E-state index < -0.39 is 0 Å². The lowest BCUT2D eigenvalue weighted by molar-refractivity contribution is 0.0988. The van der Waals surface area contributed by atoms with Crippen molar-refractivity contribution in [2.24, 2.45) is 0 Å². The van der Waals surface area contributed by atoms with Gasteiger partial charge in [0.15, 0.2) is 5.78 Å². The van der Waals surface area contributed by atoms with Gasteiger partial charge >= 0.3 is 0 Å². The van der Waals surface area contributed by atoms with E-state index in [1.807, 2.05) is 55.7 Å². The van der Waals surface area contributed by atoms with Gasteiger partial charge in [0.05, 0.1) is 17.4 Å². The van der Waals surface area contributed by atoms with Crippen LogP contribution < -0.4 is 0 Å². The number of ketones is 1. The minimum Gasteiger partial charge on any atom is -0.326 e. The minimum atomic E-state index is 0.171. The molecule has 0 saturated heterocycles. The van der Waals surface area contributed by atoms with E-state index in [2.05, 4.69) is 9.55 Å². The summed E-state index contributed by atoms with van der Waals surface area (Å²) in [7, 11) is 0. The van der Waals surface area contributed by atoms with Gasteiger partial charge in [-0.05, 0) is 23.8 Å². The number of nitrogens with zero attached hydrogens (tertiary/aromatic N) is 2. The second-order valence-electron chi connectivity index (χ2n) is 4.98. The molecule has 0 N–H and O–H groups in total. The number of hydrogen-bond donors (Lipinski definition) is 0. The molecule has 0 aliphatic rings. The Labute approximate surface area is 128 Å². The van der Waals surface area contributed by atoms with Gasteiger partial charge in [-0.2, -0.15) is 0 Å². The van der Waals surface area contributed by atoms with Crippen molar-refractivity contribution in [1.29, 1.82) is 0 Å². The quantitative estimate of drug-likeness (QED) is 0.672. The molecule has 0 fully saturated rings. The molecule has 0 amide bonds. The fourth-order valence-corrected chi connectivity index (χ4v) is 2.53. The third-order valence-electron chi connectivity index (χ3n) is 3.53. The van der Waals surface area contributed by atoms with E-state index in [9.17, 15) is 4.79 Å². The van der Waals surface area contributed by atoms with Crippen molar-refractivity contribution in [3.63, 3.8) is 0 Å². The van der Waals surface area contributed by atoms with E-state index in [-0.39, 0.29) is 5.78 Å². The predicted molar refractivity (Wildman–Crippen MR) is 84.9 cm³/mol. The lowest BCUT2D eigenvalue weighted by Gasteiger charge is -2.06. The molecule has 0 bridgehead atoms. The van der Waals surface area contributed by atoms with E-state index in [4.69, 9.17) is 11.6 Å². The maximum atomic E-state index is 11.6. The van der Waals surface area contributed by atoms with Gasteiger partial charge in [0, 0.05) is 23.6 Å². The molecule has 3 nitrogen and oxygen atoms in total. The van der Waals surface area contributed by atoms with Crippen LogP contribution in [0.1, 0.15) is 29.3 Å². The third-order valence-corrected chi connectivity index (χ3v) is 3.77. The zero-order valence-corrected chi connectivity index (χ0v) is 12.5. The van der Waals surface area contributed by atoms with Crippen LogP contribution in [0, 0.1) is 0 Å². The molecular weight excluding hydrogens is 284 g/mol. The molecule has 106 valence electrons. The summed E-state index contributed by atoms with van der Waals surface area (Å²) in [5.41, 5.74) is 3.84. The first-order chi connectivity index (χ1) is 10.2. The Morgan fingerprint density at radius 3 is 2.67 bits per heavy atom. The number of carbonyl (C=O) groups excluding carboxylic acids is 1. The molecule has 0 atom stereocenters. The molecule has 2 aromatic carbocycles. The summed E-state index contributed by atoms with van der Waals surface area (Å²) in [5, 5.41) is 0.690. The van der Waals surface area contributed by atoms with Crippen LogP contribution in [0.5, 0.6) is 0 Å². The highest BCUT2D eigenvalue weighted by Gasteiger charge is 2.05. The van der Waals surface area contributed by atoms with Crippen LogP contribution in [0.15, 0.2) is 48.8 Å². The second kappa shape index (κ2) is 5.70. The van der Waals surface area contributed by atoms with Crippen molar-refractivity contribution < 1.29 is 4.79 Å². The molecule has 1 heterocycles. The van der Waals surface area contributed by atoms with Gasteiger partial charge < -0.3 is 4.57 Å². The number of halogens is 1. The van der Waals surface area contributed by atoms with Crippen LogP contribution >= 0.6 is 11.6 Å². The summed E-state index contributed by atoms with van der Waals surface area (Å²) in [6, 6.07) is 13.4. The van der Waals surface area contributed by atoms with Gasteiger partial charge in [-0.25, -0.2) is 4.98 Å². The van der Waals surface area contributed by atoms with Crippen LogP contribution in [-0.2, 0) is 6.54 Å². The maximum absolute atomic E-state index is 11.6. The van der Waals surface area contributed by atoms with Gasteiger partial charge in [-0.1, -0.05) is 42.8 Å². The molecule has 21 heavy (non-hydrogen) atoms. The Morgan fingerprint density at radius 2 is 1.95 bits per heavy atom. The average molecular weight is 299 g/mol. The molecule has 4 heteroatoms. The fourth-order valence-electron chi connectivity index (χ4n) is 2.36. The molecule has 0 aliphatic carbocycles. The van der Waals surface area contributed by atoms with Crippen molar-refractivity contribution in [3.8, 4) is 0 Å². The first kappa shape index (κ1) is 13.8. The summed E-state index contributed by atoms with van der Waals surface area (Å²) in [4.78, 5) is 16.0. The lowest BCUT2D eigenvalue weighted by Crippen LogP contribution is -2.00. The first-order valence-electron chi connectivity index (χ1n) is 6.90. The monoisotopic (exact) mass is 298 g/mol. The van der Waals surface area contributed by atoms with E-state index >= 15 is 0 Å². The summed E-state index contributed by atoms with van der Waals surface area (Å²) in [5.74, 6) is 0.171. The van der Waals surface area contributed by atoms with Crippen molar-refractivity contribution in [1.82, 2.24) is 9.55 Å². The molecule has 0 radical (unpaired) electrons. The van der Waals surface area contributed by atoms with E-state index in [0.717, 1.165) is 28.7 Å². The number of carbonyl (C=O) groups is 1. The van der Waals surface area contributed by atoms with Gasteiger partial charge in [0.2, 0.25) is 0 Å². The van der Waals surface area contributed by atoms with Gasteiger partial charge in [-0.3, -0.25) is 4.79 Å². The van der Waals surface area contributed by atoms with Crippen LogP contribution in [0.3, 0.4) is 0 Å². The molecule has 0 unspecified atom stereocenters. The lowest BCUT2D eigenvalue weighted by atomic mass is 10.1. The Bertz CT molecular complexity index is 790. The minimum absolute atomic E-state index is 0.171. The SMILES string of the molecule is CCC(=O)c1ccc(Cn2cnc3cc(Cl)ccc32)cc1.